The first-order chi connectivity index (χ1) is 12.8. The molecule has 1 atom stereocenters. The molecule has 1 saturated heterocycles. The first-order valence-electron chi connectivity index (χ1n) is 9.63. The quantitative estimate of drug-likeness (QED) is 0.751. The van der Waals surface area contributed by atoms with E-state index in [-0.39, 0.29) is 0 Å². The van der Waals surface area contributed by atoms with Crippen molar-refractivity contribution in [3.05, 3.63) is 60.3 Å². The number of likely N-dealkylation sites (tertiary alicyclic amines) is 1. The van der Waals surface area contributed by atoms with Gasteiger partial charge in [-0.2, -0.15) is 0 Å². The van der Waals surface area contributed by atoms with E-state index in [1.54, 1.807) is 6.33 Å². The summed E-state index contributed by atoms with van der Waals surface area (Å²) < 4.78 is 2.26. The van der Waals surface area contributed by atoms with E-state index in [1.165, 1.54) is 44.3 Å². The van der Waals surface area contributed by atoms with Crippen molar-refractivity contribution in [3.8, 4) is 11.5 Å². The molecule has 4 rings (SSSR count). The summed E-state index contributed by atoms with van der Waals surface area (Å²) in [7, 11) is 0. The molecule has 0 amide bonds. The zero-order valence-corrected chi connectivity index (χ0v) is 15.4. The minimum absolute atomic E-state index is 0.362. The summed E-state index contributed by atoms with van der Waals surface area (Å²) in [5.74, 6) is 0.944. The van der Waals surface area contributed by atoms with E-state index >= 15 is 0 Å². The highest BCUT2D eigenvalue weighted by atomic mass is 15.2. The van der Waals surface area contributed by atoms with Crippen LogP contribution >= 0.6 is 0 Å². The fourth-order valence-corrected chi connectivity index (χ4v) is 3.96. The molecule has 1 N–H and O–H groups in total. The molecule has 0 bridgehead atoms. The molecule has 1 aromatic carbocycles. The van der Waals surface area contributed by atoms with Crippen LogP contribution in [-0.2, 0) is 6.54 Å². The van der Waals surface area contributed by atoms with Crippen molar-refractivity contribution >= 4 is 0 Å². The van der Waals surface area contributed by atoms with Crippen LogP contribution in [0.25, 0.3) is 11.5 Å². The van der Waals surface area contributed by atoms with Gasteiger partial charge in [-0.3, -0.25) is 4.90 Å². The smallest absolute Gasteiger partial charge is 0.160 e. The van der Waals surface area contributed by atoms with E-state index in [9.17, 15) is 0 Å². The molecule has 5 heteroatoms. The summed E-state index contributed by atoms with van der Waals surface area (Å²) in [4.78, 5) is 14.9. The highest BCUT2D eigenvalue weighted by Crippen LogP contribution is 2.28. The average Bonchev–Trinajstić information content (AvgIpc) is 3.20. The molecule has 1 aliphatic rings. The molecule has 2 aromatic heterocycles. The maximum absolute atomic E-state index is 4.59. The molecule has 0 saturated carbocycles. The Kier molecular flexibility index (Phi) is 5.16. The molecular weight excluding hydrogens is 322 g/mol. The van der Waals surface area contributed by atoms with Gasteiger partial charge >= 0.3 is 0 Å². The number of aromatic amines is 1. The Labute approximate surface area is 155 Å². The molecule has 0 radical (unpaired) electrons. The number of H-pyrrole nitrogens is 1. The second-order valence-electron chi connectivity index (χ2n) is 7.16. The SMILES string of the molecule is Cc1[nH]cnc1-c1nccn1C[C@H](c1ccccc1)N1CCCCCC1. The van der Waals surface area contributed by atoms with E-state index in [1.807, 2.05) is 13.1 Å². The Morgan fingerprint density at radius 2 is 1.81 bits per heavy atom. The molecule has 5 nitrogen and oxygen atoms in total. The molecule has 1 fully saturated rings. The molecule has 0 spiro atoms. The normalized spacial score (nSPS) is 17.1. The molecule has 0 unspecified atom stereocenters. The van der Waals surface area contributed by atoms with Crippen LogP contribution in [0.3, 0.4) is 0 Å². The summed E-state index contributed by atoms with van der Waals surface area (Å²) in [6.07, 6.45) is 11.0. The van der Waals surface area contributed by atoms with Crippen LogP contribution in [0.1, 0.15) is 43.0 Å². The van der Waals surface area contributed by atoms with E-state index in [0.29, 0.717) is 6.04 Å². The van der Waals surface area contributed by atoms with Gasteiger partial charge in [0.1, 0.15) is 5.69 Å². The van der Waals surface area contributed by atoms with Crippen molar-refractivity contribution in [2.45, 2.75) is 45.2 Å². The summed E-state index contributed by atoms with van der Waals surface area (Å²) >= 11 is 0. The number of aryl methyl sites for hydroxylation is 1. The predicted molar refractivity (Wildman–Crippen MR) is 104 cm³/mol. The Morgan fingerprint density at radius 1 is 1.04 bits per heavy atom. The number of nitrogens with one attached hydrogen (secondary N) is 1. The number of nitrogens with zero attached hydrogens (tertiary/aromatic N) is 4. The van der Waals surface area contributed by atoms with Crippen LogP contribution < -0.4 is 0 Å². The predicted octanol–water partition coefficient (Wildman–Crippen LogP) is 4.20. The maximum Gasteiger partial charge on any atom is 0.160 e. The largest absolute Gasteiger partial charge is 0.348 e. The Hall–Kier alpha value is -2.40. The van der Waals surface area contributed by atoms with E-state index in [4.69, 9.17) is 0 Å². The minimum atomic E-state index is 0.362. The first kappa shape index (κ1) is 17.0. The Bertz CT molecular complexity index is 812. The van der Waals surface area contributed by atoms with Gasteiger partial charge in [-0.15, -0.1) is 0 Å². The van der Waals surface area contributed by atoms with E-state index in [2.05, 4.69) is 60.9 Å². The summed E-state index contributed by atoms with van der Waals surface area (Å²) in [6.45, 7) is 5.28. The second-order valence-corrected chi connectivity index (χ2v) is 7.16. The molecule has 1 aliphatic heterocycles. The monoisotopic (exact) mass is 349 g/mol. The van der Waals surface area contributed by atoms with Gasteiger partial charge < -0.3 is 9.55 Å². The number of rotatable bonds is 5. The van der Waals surface area contributed by atoms with Crippen LogP contribution in [0.2, 0.25) is 0 Å². The van der Waals surface area contributed by atoms with Gasteiger partial charge in [0.15, 0.2) is 5.82 Å². The lowest BCUT2D eigenvalue weighted by molar-refractivity contribution is 0.186. The van der Waals surface area contributed by atoms with Gasteiger partial charge in [-0.25, -0.2) is 9.97 Å². The first-order valence-corrected chi connectivity index (χ1v) is 9.63. The molecular formula is C21H27N5. The third kappa shape index (κ3) is 3.58. The zero-order chi connectivity index (χ0) is 17.8. The van der Waals surface area contributed by atoms with Crippen LogP contribution in [0, 0.1) is 6.92 Å². The second kappa shape index (κ2) is 7.87. The van der Waals surface area contributed by atoms with Crippen molar-refractivity contribution in [1.29, 1.82) is 0 Å². The number of benzene rings is 1. The van der Waals surface area contributed by atoms with Gasteiger partial charge in [0, 0.05) is 24.6 Å². The van der Waals surface area contributed by atoms with Crippen LogP contribution in [0.4, 0.5) is 0 Å². The third-order valence-corrected chi connectivity index (χ3v) is 5.39. The van der Waals surface area contributed by atoms with Crippen molar-refractivity contribution in [3.63, 3.8) is 0 Å². The lowest BCUT2D eigenvalue weighted by Gasteiger charge is -2.31. The van der Waals surface area contributed by atoms with Crippen molar-refractivity contribution in [2.24, 2.45) is 0 Å². The number of hydrogen-bond donors (Lipinski definition) is 1. The van der Waals surface area contributed by atoms with Gasteiger partial charge in [-0.1, -0.05) is 43.2 Å². The molecule has 136 valence electrons. The zero-order valence-electron chi connectivity index (χ0n) is 15.4. The van der Waals surface area contributed by atoms with Gasteiger partial charge in [-0.05, 0) is 38.4 Å². The summed E-state index contributed by atoms with van der Waals surface area (Å²) in [5.41, 5.74) is 3.38. The fourth-order valence-electron chi connectivity index (χ4n) is 3.96. The van der Waals surface area contributed by atoms with Crippen LogP contribution in [0.5, 0.6) is 0 Å². The van der Waals surface area contributed by atoms with Gasteiger partial charge in [0.2, 0.25) is 0 Å². The number of aromatic nitrogens is 4. The fraction of sp³-hybridized carbons (Fsp3) is 0.429. The van der Waals surface area contributed by atoms with Crippen molar-refractivity contribution in [2.75, 3.05) is 13.1 Å². The van der Waals surface area contributed by atoms with E-state index < -0.39 is 0 Å². The van der Waals surface area contributed by atoms with Crippen LogP contribution in [-0.4, -0.2) is 37.5 Å². The lowest BCUT2D eigenvalue weighted by Crippen LogP contribution is -2.32. The van der Waals surface area contributed by atoms with E-state index in [0.717, 1.165) is 23.8 Å². The van der Waals surface area contributed by atoms with Crippen LogP contribution in [0.15, 0.2) is 49.1 Å². The summed E-state index contributed by atoms with van der Waals surface area (Å²) in [5, 5.41) is 0. The van der Waals surface area contributed by atoms with Gasteiger partial charge in [0.25, 0.3) is 0 Å². The lowest BCUT2D eigenvalue weighted by atomic mass is 10.0. The molecule has 3 heterocycles. The molecule has 0 aliphatic carbocycles. The topological polar surface area (TPSA) is 49.7 Å². The number of hydrogen-bond acceptors (Lipinski definition) is 3. The molecule has 26 heavy (non-hydrogen) atoms. The average molecular weight is 349 g/mol. The summed E-state index contributed by atoms with van der Waals surface area (Å²) in [6, 6.07) is 11.3. The maximum atomic E-state index is 4.59. The third-order valence-electron chi connectivity index (χ3n) is 5.39. The Balaban J connectivity index is 1.65. The number of imidazole rings is 2. The highest BCUT2D eigenvalue weighted by molar-refractivity contribution is 5.52. The highest BCUT2D eigenvalue weighted by Gasteiger charge is 2.23. The minimum Gasteiger partial charge on any atom is -0.348 e. The molecule has 3 aromatic rings. The van der Waals surface area contributed by atoms with Crippen molar-refractivity contribution in [1.82, 2.24) is 24.4 Å². The standard InChI is InChI=1S/C21H27N5/c1-17-20(24-16-23-17)21-22-11-14-26(21)15-19(18-9-5-4-6-10-18)25-12-7-2-3-8-13-25/h4-6,9-11,14,16,19H,2-3,7-8,12-13,15H2,1H3,(H,23,24)/t19-/m1/s1. The van der Waals surface area contributed by atoms with Crippen molar-refractivity contribution < 1.29 is 0 Å². The van der Waals surface area contributed by atoms with Gasteiger partial charge in [0.05, 0.1) is 12.4 Å². The Morgan fingerprint density at radius 3 is 2.50 bits per heavy atom.